The first-order valence-electron chi connectivity index (χ1n) is 9.45. The Morgan fingerprint density at radius 1 is 0.826 bits per heavy atom. The van der Waals surface area contributed by atoms with Gasteiger partial charge in [0.1, 0.15) is 11.2 Å². The summed E-state index contributed by atoms with van der Waals surface area (Å²) in [7, 11) is 0. The highest BCUT2D eigenvalue weighted by Gasteiger charge is 2.54. The van der Waals surface area contributed by atoms with Crippen molar-refractivity contribution in [3.8, 4) is 0 Å². The van der Waals surface area contributed by atoms with E-state index >= 15 is 0 Å². The van der Waals surface area contributed by atoms with Crippen LogP contribution in [0.5, 0.6) is 0 Å². The van der Waals surface area contributed by atoms with Gasteiger partial charge in [0, 0.05) is 0 Å². The van der Waals surface area contributed by atoms with E-state index in [1.165, 1.54) is 12.8 Å². The number of rotatable bonds is 4. The highest BCUT2D eigenvalue weighted by molar-refractivity contribution is 5.99. The van der Waals surface area contributed by atoms with Crippen molar-refractivity contribution in [1.29, 1.82) is 0 Å². The van der Waals surface area contributed by atoms with Crippen LogP contribution in [0.2, 0.25) is 0 Å². The second-order valence-corrected chi connectivity index (χ2v) is 8.64. The van der Waals surface area contributed by atoms with Gasteiger partial charge in [-0.2, -0.15) is 0 Å². The average molecular weight is 318 g/mol. The summed E-state index contributed by atoms with van der Waals surface area (Å²) < 4.78 is 12.7. The van der Waals surface area contributed by atoms with Crippen LogP contribution in [0.3, 0.4) is 0 Å². The largest absolute Gasteiger partial charge is 0.472 e. The third-order valence-electron chi connectivity index (χ3n) is 6.25. The van der Waals surface area contributed by atoms with Gasteiger partial charge in [0.15, 0.2) is 11.8 Å². The lowest BCUT2D eigenvalue weighted by atomic mass is 9.72. The molecule has 4 heteroatoms. The van der Waals surface area contributed by atoms with Gasteiger partial charge in [0.2, 0.25) is 0 Å². The molecule has 0 saturated heterocycles. The summed E-state index contributed by atoms with van der Waals surface area (Å²) in [6.45, 7) is 9.01. The molecular formula is C19H30N2O2. The minimum atomic E-state index is -0.00568. The van der Waals surface area contributed by atoms with Crippen molar-refractivity contribution >= 4 is 11.8 Å². The van der Waals surface area contributed by atoms with Crippen LogP contribution in [0.4, 0.5) is 0 Å². The van der Waals surface area contributed by atoms with E-state index in [0.29, 0.717) is 30.3 Å². The molecule has 4 nitrogen and oxygen atoms in total. The van der Waals surface area contributed by atoms with E-state index in [1.807, 2.05) is 0 Å². The Morgan fingerprint density at radius 2 is 1.22 bits per heavy atom. The number of hydrogen-bond acceptors (Lipinski definition) is 4. The lowest BCUT2D eigenvalue weighted by molar-refractivity contribution is -0.0355. The first-order valence-corrected chi connectivity index (χ1v) is 9.45. The molecule has 2 aliphatic carbocycles. The summed E-state index contributed by atoms with van der Waals surface area (Å²) in [6.07, 6.45) is 7.77. The third-order valence-corrected chi connectivity index (χ3v) is 6.25. The first-order chi connectivity index (χ1) is 10.9. The highest BCUT2D eigenvalue weighted by Crippen LogP contribution is 2.48. The van der Waals surface area contributed by atoms with Crippen molar-refractivity contribution in [3.05, 3.63) is 0 Å². The second kappa shape index (κ2) is 5.22. The van der Waals surface area contributed by atoms with Crippen molar-refractivity contribution in [2.45, 2.75) is 95.9 Å². The molecule has 2 spiro atoms. The maximum atomic E-state index is 6.33. The lowest BCUT2D eigenvalue weighted by Crippen LogP contribution is -2.49. The van der Waals surface area contributed by atoms with E-state index in [0.717, 1.165) is 37.5 Å². The van der Waals surface area contributed by atoms with Crippen LogP contribution in [-0.2, 0) is 9.47 Å². The Morgan fingerprint density at radius 3 is 1.43 bits per heavy atom. The summed E-state index contributed by atoms with van der Waals surface area (Å²) in [5.41, 5.74) is -0.0114. The summed E-state index contributed by atoms with van der Waals surface area (Å²) in [5.74, 6) is 2.78. The Balaban J connectivity index is 1.48. The molecule has 0 amide bonds. The molecule has 2 atom stereocenters. The molecule has 0 bridgehead atoms. The fraction of sp³-hybridized carbons (Fsp3) is 0.895. The van der Waals surface area contributed by atoms with Crippen molar-refractivity contribution < 1.29 is 9.47 Å². The third kappa shape index (κ3) is 2.32. The quantitative estimate of drug-likeness (QED) is 0.782. The summed E-state index contributed by atoms with van der Waals surface area (Å²) >= 11 is 0. The fourth-order valence-electron chi connectivity index (χ4n) is 4.84. The summed E-state index contributed by atoms with van der Waals surface area (Å²) in [5, 5.41) is 0. The van der Waals surface area contributed by atoms with Crippen LogP contribution in [-0.4, -0.2) is 35.1 Å². The number of aliphatic imine (C=N–C) groups is 2. The Hall–Kier alpha value is -1.06. The highest BCUT2D eigenvalue weighted by atomic mass is 16.5. The average Bonchev–Trinajstić information content (AvgIpc) is 2.97. The predicted molar refractivity (Wildman–Crippen MR) is 92.1 cm³/mol. The van der Waals surface area contributed by atoms with Crippen molar-refractivity contribution in [2.75, 3.05) is 0 Å². The molecule has 4 rings (SSSR count). The second-order valence-electron chi connectivity index (χ2n) is 8.64. The zero-order valence-electron chi connectivity index (χ0n) is 15.0. The molecule has 0 aromatic rings. The van der Waals surface area contributed by atoms with Crippen LogP contribution in [0.15, 0.2) is 9.98 Å². The van der Waals surface area contributed by atoms with Crippen LogP contribution in [0.25, 0.3) is 0 Å². The zero-order valence-corrected chi connectivity index (χ0v) is 15.0. The van der Waals surface area contributed by atoms with Gasteiger partial charge < -0.3 is 9.47 Å². The van der Waals surface area contributed by atoms with Crippen LogP contribution in [0, 0.1) is 11.8 Å². The van der Waals surface area contributed by atoms with E-state index < -0.39 is 0 Å². The molecular weight excluding hydrogens is 288 g/mol. The molecule has 0 N–H and O–H groups in total. The molecule has 0 aromatic carbocycles. The molecule has 0 radical (unpaired) electrons. The molecule has 128 valence electrons. The fourth-order valence-corrected chi connectivity index (χ4v) is 4.84. The smallest absolute Gasteiger partial charge is 0.193 e. The van der Waals surface area contributed by atoms with Crippen LogP contribution in [0.1, 0.15) is 72.6 Å². The molecule has 0 unspecified atom stereocenters. The molecule has 23 heavy (non-hydrogen) atoms. The van der Waals surface area contributed by atoms with Gasteiger partial charge in [0.05, 0.1) is 18.5 Å². The molecule has 2 saturated carbocycles. The SMILES string of the molecule is CC(C)[C@H]1N=C(CC2=N[C@H](C(C)C)C3(CCC3)O2)OC12CCC2. The van der Waals surface area contributed by atoms with Gasteiger partial charge in [0.25, 0.3) is 0 Å². The Kier molecular flexibility index (Phi) is 3.51. The monoisotopic (exact) mass is 318 g/mol. The Labute approximate surface area is 139 Å². The van der Waals surface area contributed by atoms with E-state index in [-0.39, 0.29) is 11.2 Å². The molecule has 0 aromatic heterocycles. The van der Waals surface area contributed by atoms with Crippen LogP contribution < -0.4 is 0 Å². The maximum absolute atomic E-state index is 6.33. The van der Waals surface area contributed by atoms with Gasteiger partial charge in [-0.25, -0.2) is 9.98 Å². The van der Waals surface area contributed by atoms with Crippen molar-refractivity contribution in [1.82, 2.24) is 0 Å². The van der Waals surface area contributed by atoms with E-state index in [1.54, 1.807) is 0 Å². The van der Waals surface area contributed by atoms with Gasteiger partial charge in [-0.3, -0.25) is 0 Å². The van der Waals surface area contributed by atoms with E-state index in [9.17, 15) is 0 Å². The number of ether oxygens (including phenoxy) is 2. The van der Waals surface area contributed by atoms with Gasteiger partial charge >= 0.3 is 0 Å². The predicted octanol–water partition coefficient (Wildman–Crippen LogP) is 4.13. The molecule has 4 aliphatic rings. The molecule has 2 heterocycles. The molecule has 2 aliphatic heterocycles. The van der Waals surface area contributed by atoms with Crippen molar-refractivity contribution in [3.63, 3.8) is 0 Å². The minimum absolute atomic E-state index is 0.00568. The standard InChI is InChI=1S/C19H30N2O2/c1-12(2)16-18(7-5-8-18)22-14(20-16)11-15-21-17(13(3)4)19(23-15)9-6-10-19/h12-13,16-17H,5-11H2,1-4H3/t16-,17-/m1/s1. The lowest BCUT2D eigenvalue weighted by Gasteiger charge is -2.43. The normalized spacial score (nSPS) is 33.3. The van der Waals surface area contributed by atoms with Gasteiger partial charge in [-0.15, -0.1) is 0 Å². The van der Waals surface area contributed by atoms with Crippen LogP contribution >= 0.6 is 0 Å². The number of nitrogens with zero attached hydrogens (tertiary/aromatic N) is 2. The maximum Gasteiger partial charge on any atom is 0.193 e. The Bertz CT molecular complexity index is 494. The van der Waals surface area contributed by atoms with Gasteiger partial charge in [-0.1, -0.05) is 27.7 Å². The van der Waals surface area contributed by atoms with Crippen molar-refractivity contribution in [2.24, 2.45) is 21.8 Å². The van der Waals surface area contributed by atoms with Gasteiger partial charge in [-0.05, 0) is 50.4 Å². The molecule has 2 fully saturated rings. The first kappa shape index (κ1) is 15.5. The summed E-state index contributed by atoms with van der Waals surface area (Å²) in [6, 6.07) is 0.624. The van der Waals surface area contributed by atoms with E-state index in [4.69, 9.17) is 19.5 Å². The topological polar surface area (TPSA) is 43.2 Å². The number of hydrogen-bond donors (Lipinski definition) is 0. The minimum Gasteiger partial charge on any atom is -0.472 e. The summed E-state index contributed by atoms with van der Waals surface area (Å²) in [4.78, 5) is 9.84. The van der Waals surface area contributed by atoms with E-state index in [2.05, 4.69) is 27.7 Å². The zero-order chi connectivity index (χ0) is 16.2.